The van der Waals surface area contributed by atoms with Crippen LogP contribution in [0.5, 0.6) is 0 Å². The third-order valence-corrected chi connectivity index (χ3v) is 3.41. The lowest BCUT2D eigenvalue weighted by molar-refractivity contribution is -0.136. The molecule has 0 bridgehead atoms. The summed E-state index contributed by atoms with van der Waals surface area (Å²) < 4.78 is 13.1. The number of aliphatic carboxylic acids is 1. The molecule has 0 amide bonds. The van der Waals surface area contributed by atoms with Gasteiger partial charge in [0.2, 0.25) is 0 Å². The zero-order chi connectivity index (χ0) is 15.5. The second-order valence-corrected chi connectivity index (χ2v) is 4.87. The van der Waals surface area contributed by atoms with Gasteiger partial charge in [0.05, 0.1) is 6.42 Å². The first-order valence-corrected chi connectivity index (χ1v) is 6.73. The molecule has 5 heteroatoms. The molecule has 2 aromatic heterocycles. The molecule has 0 radical (unpaired) electrons. The molecule has 3 aromatic rings. The van der Waals surface area contributed by atoms with Crippen molar-refractivity contribution in [2.75, 3.05) is 0 Å². The van der Waals surface area contributed by atoms with Crippen LogP contribution in [0.2, 0.25) is 0 Å². The molecule has 2 heterocycles. The van der Waals surface area contributed by atoms with E-state index in [9.17, 15) is 9.18 Å². The number of halogens is 1. The fourth-order valence-electron chi connectivity index (χ4n) is 2.46. The molecule has 0 aliphatic carbocycles. The van der Waals surface area contributed by atoms with Crippen LogP contribution in [-0.2, 0) is 11.2 Å². The van der Waals surface area contributed by atoms with Crippen molar-refractivity contribution in [2.45, 2.75) is 6.42 Å². The first-order valence-electron chi connectivity index (χ1n) is 6.73. The van der Waals surface area contributed by atoms with E-state index >= 15 is 0 Å². The van der Waals surface area contributed by atoms with Gasteiger partial charge >= 0.3 is 5.97 Å². The summed E-state index contributed by atoms with van der Waals surface area (Å²) in [5.74, 6) is -1.22. The van der Waals surface area contributed by atoms with Gasteiger partial charge in [-0.15, -0.1) is 0 Å². The number of aromatic amines is 1. The Morgan fingerprint density at radius 3 is 2.41 bits per heavy atom. The number of benzene rings is 1. The second-order valence-electron chi connectivity index (χ2n) is 4.87. The summed E-state index contributed by atoms with van der Waals surface area (Å²) >= 11 is 0. The van der Waals surface area contributed by atoms with Crippen LogP contribution in [0.4, 0.5) is 4.39 Å². The highest BCUT2D eigenvalue weighted by Gasteiger charge is 2.16. The van der Waals surface area contributed by atoms with Crippen molar-refractivity contribution in [1.29, 1.82) is 0 Å². The average Bonchev–Trinajstić information content (AvgIpc) is 2.91. The van der Waals surface area contributed by atoms with Gasteiger partial charge in [-0.25, -0.2) is 4.39 Å². The number of H-pyrrole nitrogens is 1. The molecule has 0 saturated heterocycles. The lowest BCUT2D eigenvalue weighted by Crippen LogP contribution is -2.01. The molecule has 2 N–H and O–H groups in total. The number of carbonyl (C=O) groups is 1. The number of nitrogens with zero attached hydrogens (tertiary/aromatic N) is 1. The third kappa shape index (κ3) is 2.74. The van der Waals surface area contributed by atoms with Crippen LogP contribution in [0.3, 0.4) is 0 Å². The molecule has 0 fully saturated rings. The maximum atomic E-state index is 13.1. The van der Waals surface area contributed by atoms with E-state index in [1.165, 1.54) is 12.1 Å². The zero-order valence-corrected chi connectivity index (χ0v) is 11.6. The van der Waals surface area contributed by atoms with Crippen LogP contribution < -0.4 is 0 Å². The van der Waals surface area contributed by atoms with Crippen molar-refractivity contribution in [3.8, 4) is 22.3 Å². The molecule has 0 spiro atoms. The van der Waals surface area contributed by atoms with Crippen molar-refractivity contribution in [1.82, 2.24) is 9.97 Å². The highest BCUT2D eigenvalue weighted by Crippen LogP contribution is 2.35. The predicted molar refractivity (Wildman–Crippen MR) is 80.8 cm³/mol. The van der Waals surface area contributed by atoms with Gasteiger partial charge in [-0.3, -0.25) is 9.78 Å². The van der Waals surface area contributed by atoms with Crippen molar-refractivity contribution in [2.24, 2.45) is 0 Å². The number of hydrogen-bond acceptors (Lipinski definition) is 2. The van der Waals surface area contributed by atoms with E-state index in [-0.39, 0.29) is 12.2 Å². The maximum absolute atomic E-state index is 13.1. The average molecular weight is 296 g/mol. The first-order chi connectivity index (χ1) is 10.6. The van der Waals surface area contributed by atoms with Crippen LogP contribution >= 0.6 is 0 Å². The number of hydrogen-bond donors (Lipinski definition) is 2. The van der Waals surface area contributed by atoms with Gasteiger partial charge in [-0.2, -0.15) is 0 Å². The number of pyridine rings is 1. The highest BCUT2D eigenvalue weighted by atomic mass is 19.1. The van der Waals surface area contributed by atoms with E-state index in [0.717, 1.165) is 22.3 Å². The van der Waals surface area contributed by atoms with Gasteiger partial charge in [-0.05, 0) is 35.4 Å². The quantitative estimate of drug-likeness (QED) is 0.774. The third-order valence-electron chi connectivity index (χ3n) is 3.41. The van der Waals surface area contributed by atoms with Gasteiger partial charge in [0.25, 0.3) is 0 Å². The van der Waals surface area contributed by atoms with E-state index in [1.54, 1.807) is 30.7 Å². The fourth-order valence-corrected chi connectivity index (χ4v) is 2.46. The largest absolute Gasteiger partial charge is 0.481 e. The van der Waals surface area contributed by atoms with E-state index in [0.29, 0.717) is 5.69 Å². The van der Waals surface area contributed by atoms with E-state index in [1.807, 2.05) is 12.1 Å². The van der Waals surface area contributed by atoms with Crippen LogP contribution in [0, 0.1) is 5.82 Å². The zero-order valence-electron chi connectivity index (χ0n) is 11.6. The summed E-state index contributed by atoms with van der Waals surface area (Å²) in [5.41, 5.74) is 3.94. The summed E-state index contributed by atoms with van der Waals surface area (Å²) in [7, 11) is 0. The number of carboxylic acid groups (broad SMARTS) is 1. The Balaban J connectivity index is 2.16. The lowest BCUT2D eigenvalue weighted by Gasteiger charge is -2.07. The molecule has 4 nitrogen and oxygen atoms in total. The minimum absolute atomic E-state index is 0.112. The monoisotopic (exact) mass is 296 g/mol. The number of nitrogens with one attached hydrogen (secondary N) is 1. The maximum Gasteiger partial charge on any atom is 0.309 e. The number of aromatic nitrogens is 2. The van der Waals surface area contributed by atoms with Gasteiger partial charge in [-0.1, -0.05) is 12.1 Å². The summed E-state index contributed by atoms with van der Waals surface area (Å²) in [6.45, 7) is 0. The molecule has 0 saturated carbocycles. The normalized spacial score (nSPS) is 10.6. The van der Waals surface area contributed by atoms with Crippen molar-refractivity contribution in [3.05, 3.63) is 66.5 Å². The molecular weight excluding hydrogens is 283 g/mol. The van der Waals surface area contributed by atoms with Crippen LogP contribution in [0.15, 0.2) is 55.0 Å². The minimum atomic E-state index is -0.914. The number of carboxylic acids is 1. The Labute approximate surface area is 126 Å². The smallest absolute Gasteiger partial charge is 0.309 e. The lowest BCUT2D eigenvalue weighted by atomic mass is 9.96. The molecular formula is C17H13FN2O2. The Morgan fingerprint density at radius 1 is 1.09 bits per heavy atom. The Bertz CT molecular complexity index is 795. The molecule has 0 unspecified atom stereocenters. The van der Waals surface area contributed by atoms with Gasteiger partial charge in [0.15, 0.2) is 0 Å². The molecule has 0 aliphatic rings. The van der Waals surface area contributed by atoms with Crippen LogP contribution in [-0.4, -0.2) is 21.0 Å². The van der Waals surface area contributed by atoms with Gasteiger partial charge < -0.3 is 10.1 Å². The Morgan fingerprint density at radius 2 is 1.77 bits per heavy atom. The molecule has 22 heavy (non-hydrogen) atoms. The predicted octanol–water partition coefficient (Wildman–Crippen LogP) is 3.51. The minimum Gasteiger partial charge on any atom is -0.481 e. The Hall–Kier alpha value is -2.95. The summed E-state index contributed by atoms with van der Waals surface area (Å²) in [5, 5.41) is 9.07. The van der Waals surface area contributed by atoms with Crippen LogP contribution in [0.1, 0.15) is 5.69 Å². The SMILES string of the molecule is O=C(O)Cc1[nH]cc(-c2ccc(F)cc2)c1-c1ccncc1. The molecule has 0 atom stereocenters. The van der Waals surface area contributed by atoms with Crippen molar-refractivity contribution in [3.63, 3.8) is 0 Å². The molecule has 110 valence electrons. The van der Waals surface area contributed by atoms with Crippen molar-refractivity contribution >= 4 is 5.97 Å². The summed E-state index contributed by atoms with van der Waals surface area (Å²) in [4.78, 5) is 18.1. The standard InChI is InChI=1S/C17H13FN2O2/c18-13-3-1-11(2-4-13)14-10-20-15(9-16(21)22)17(14)12-5-7-19-8-6-12/h1-8,10,20H,9H2,(H,21,22). The van der Waals surface area contributed by atoms with Gasteiger partial charge in [0, 0.05) is 35.4 Å². The van der Waals surface area contributed by atoms with Gasteiger partial charge in [0.1, 0.15) is 5.82 Å². The summed E-state index contributed by atoms with van der Waals surface area (Å²) in [6, 6.07) is 9.76. The fraction of sp³-hybridized carbons (Fsp3) is 0.0588. The second kappa shape index (κ2) is 5.81. The molecule has 1 aromatic carbocycles. The first kappa shape index (κ1) is 14.0. The Kier molecular flexibility index (Phi) is 3.70. The number of rotatable bonds is 4. The van der Waals surface area contributed by atoms with Crippen LogP contribution in [0.25, 0.3) is 22.3 Å². The molecule has 3 rings (SSSR count). The van der Waals surface area contributed by atoms with Crippen molar-refractivity contribution < 1.29 is 14.3 Å². The summed E-state index contributed by atoms with van der Waals surface area (Å²) in [6.07, 6.45) is 4.95. The van der Waals surface area contributed by atoms with E-state index in [2.05, 4.69) is 9.97 Å². The highest BCUT2D eigenvalue weighted by molar-refractivity contribution is 5.87. The topological polar surface area (TPSA) is 66.0 Å². The van der Waals surface area contributed by atoms with E-state index in [4.69, 9.17) is 5.11 Å². The van der Waals surface area contributed by atoms with E-state index < -0.39 is 5.97 Å². The molecule has 0 aliphatic heterocycles.